The van der Waals surface area contributed by atoms with Crippen molar-refractivity contribution in [2.75, 3.05) is 6.61 Å². The van der Waals surface area contributed by atoms with E-state index in [2.05, 4.69) is 48.0 Å². The summed E-state index contributed by atoms with van der Waals surface area (Å²) in [6.07, 6.45) is 1.13. The first-order valence-corrected chi connectivity index (χ1v) is 11.4. The van der Waals surface area contributed by atoms with Gasteiger partial charge in [0.25, 0.3) is 5.91 Å². The van der Waals surface area contributed by atoms with Gasteiger partial charge >= 0.3 is 6.09 Å². The zero-order valence-corrected chi connectivity index (χ0v) is 22.3. The highest BCUT2D eigenvalue weighted by molar-refractivity contribution is 5.94. The van der Waals surface area contributed by atoms with Crippen molar-refractivity contribution in [2.45, 2.75) is 94.8 Å². The summed E-state index contributed by atoms with van der Waals surface area (Å²) >= 11 is 0. The minimum atomic E-state index is -0.394. The predicted molar refractivity (Wildman–Crippen MR) is 145 cm³/mol. The van der Waals surface area contributed by atoms with Gasteiger partial charge in [-0.3, -0.25) is 9.59 Å². The van der Waals surface area contributed by atoms with Crippen LogP contribution in [0.25, 0.3) is 0 Å². The quantitative estimate of drug-likeness (QED) is 0.437. The summed E-state index contributed by atoms with van der Waals surface area (Å²) in [6, 6.07) is 9.80. The van der Waals surface area contributed by atoms with Gasteiger partial charge in [0.2, 0.25) is 5.91 Å². The molecule has 7 heteroatoms. The highest BCUT2D eigenvalue weighted by Gasteiger charge is 2.04. The Morgan fingerprint density at radius 3 is 1.53 bits per heavy atom. The Bertz CT molecular complexity index is 640. The number of rotatable bonds is 6. The third kappa shape index (κ3) is 36.5. The number of carbonyl (C=O) groups is 3. The molecule has 0 saturated heterocycles. The second kappa shape index (κ2) is 24.8. The molecule has 0 heterocycles. The largest absolute Gasteiger partial charge is 0.445 e. The van der Waals surface area contributed by atoms with Crippen molar-refractivity contribution in [2.24, 2.45) is 5.92 Å². The van der Waals surface area contributed by atoms with E-state index in [4.69, 9.17) is 0 Å². The monoisotopic (exact) mass is 481 g/mol. The molecule has 7 nitrogen and oxygen atoms in total. The predicted octanol–water partition coefficient (Wildman–Crippen LogP) is 5.96. The maximum absolute atomic E-state index is 11.3. The number of amides is 3. The van der Waals surface area contributed by atoms with Gasteiger partial charge in [-0.1, -0.05) is 59.1 Å². The van der Waals surface area contributed by atoms with E-state index in [0.717, 1.165) is 5.92 Å². The molecule has 0 aliphatic carbocycles. The van der Waals surface area contributed by atoms with Crippen LogP contribution in [0.4, 0.5) is 4.79 Å². The Labute approximate surface area is 209 Å². The molecule has 3 N–H and O–H groups in total. The average molecular weight is 482 g/mol. The molecule has 3 amide bonds. The van der Waals surface area contributed by atoms with Crippen molar-refractivity contribution in [1.29, 1.82) is 0 Å². The van der Waals surface area contributed by atoms with Gasteiger partial charge in [0.05, 0.1) is 0 Å². The van der Waals surface area contributed by atoms with Crippen molar-refractivity contribution in [3.8, 4) is 0 Å². The number of hydrogen-bond donors (Lipinski definition) is 3. The molecule has 0 aromatic heterocycles. The zero-order chi connectivity index (χ0) is 26.4. The van der Waals surface area contributed by atoms with Crippen LogP contribution in [0, 0.1) is 5.92 Å². The van der Waals surface area contributed by atoms with E-state index in [1.807, 2.05) is 59.7 Å². The van der Waals surface area contributed by atoms with Crippen LogP contribution in [0.2, 0.25) is 0 Å². The number of nitrogens with one attached hydrogen (secondary N) is 3. The van der Waals surface area contributed by atoms with Crippen LogP contribution in [-0.2, 0) is 9.53 Å². The summed E-state index contributed by atoms with van der Waals surface area (Å²) in [5.41, 5.74) is 0.714. The third-order valence-corrected chi connectivity index (χ3v) is 2.69. The van der Waals surface area contributed by atoms with Crippen molar-refractivity contribution >= 4 is 17.9 Å². The lowest BCUT2D eigenvalue weighted by Crippen LogP contribution is -2.30. The fourth-order valence-corrected chi connectivity index (χ4v) is 1.75. The van der Waals surface area contributed by atoms with Gasteiger partial charge in [0.15, 0.2) is 0 Å². The summed E-state index contributed by atoms with van der Waals surface area (Å²) in [5, 5.41) is 8.06. The lowest BCUT2D eigenvalue weighted by molar-refractivity contribution is -0.119. The number of benzene rings is 1. The molecule has 0 unspecified atom stereocenters. The average Bonchev–Trinajstić information content (AvgIpc) is 2.65. The van der Waals surface area contributed by atoms with E-state index in [9.17, 15) is 14.4 Å². The molecule has 0 aliphatic rings. The fourth-order valence-electron chi connectivity index (χ4n) is 1.75. The van der Waals surface area contributed by atoms with Crippen LogP contribution in [-0.4, -0.2) is 42.6 Å². The summed E-state index contributed by atoms with van der Waals surface area (Å²) in [5.74, 6) is 0.862. The van der Waals surface area contributed by atoms with Crippen LogP contribution >= 0.6 is 0 Å². The van der Waals surface area contributed by atoms with Crippen molar-refractivity contribution < 1.29 is 19.1 Å². The van der Waals surface area contributed by atoms with E-state index in [0.29, 0.717) is 5.56 Å². The number of alkyl carbamates (subject to hydrolysis) is 1. The summed E-state index contributed by atoms with van der Waals surface area (Å²) in [4.78, 5) is 32.1. The Hall–Kier alpha value is -2.83. The van der Waals surface area contributed by atoms with E-state index < -0.39 is 6.09 Å². The molecule has 34 heavy (non-hydrogen) atoms. The van der Waals surface area contributed by atoms with E-state index >= 15 is 0 Å². The molecule has 1 aromatic carbocycles. The second-order valence-corrected chi connectivity index (χ2v) is 8.77. The molecule has 1 aromatic rings. The molecular formula is C27H51N3O4. The standard InChI is InChI=1S/C10H13NO.C7H13NO2.C5H11NO.C4H10.CH4/c1-8(2)11-10(12)9-6-4-3-5-7-9;1-4-5-10-7(9)8-6(2)3;1-4(2)6-5(3)7;1-4(2)3;/h3-8H,1-2H3,(H,11,12);4,6H,1,5H2,2-3H3,(H,8,9);4H,1-3H3,(H,6,7);4H,1-3H3;1H4. The molecule has 0 aliphatic heterocycles. The van der Waals surface area contributed by atoms with Gasteiger partial charge in [-0.05, 0) is 59.6 Å². The number of hydrogen-bond acceptors (Lipinski definition) is 4. The van der Waals surface area contributed by atoms with Gasteiger partial charge in [-0.2, -0.15) is 0 Å². The third-order valence-electron chi connectivity index (χ3n) is 2.69. The molecule has 0 saturated carbocycles. The Morgan fingerprint density at radius 1 is 0.824 bits per heavy atom. The van der Waals surface area contributed by atoms with Gasteiger partial charge in [-0.15, -0.1) is 0 Å². The normalized spacial score (nSPS) is 9.12. The van der Waals surface area contributed by atoms with E-state index in [-0.39, 0.29) is 44.0 Å². The van der Waals surface area contributed by atoms with Crippen molar-refractivity contribution in [1.82, 2.24) is 16.0 Å². The Kier molecular flexibility index (Phi) is 28.0. The van der Waals surface area contributed by atoms with Crippen molar-refractivity contribution in [3.63, 3.8) is 0 Å². The van der Waals surface area contributed by atoms with Crippen molar-refractivity contribution in [3.05, 3.63) is 48.6 Å². The Morgan fingerprint density at radius 2 is 1.24 bits per heavy atom. The first kappa shape index (κ1) is 38.4. The molecule has 0 fully saturated rings. The van der Waals surface area contributed by atoms with Gasteiger partial charge < -0.3 is 20.7 Å². The van der Waals surface area contributed by atoms with Gasteiger partial charge in [-0.25, -0.2) is 4.79 Å². The van der Waals surface area contributed by atoms with Gasteiger partial charge in [0.1, 0.15) is 6.61 Å². The number of ether oxygens (including phenoxy) is 1. The van der Waals surface area contributed by atoms with Crippen LogP contribution < -0.4 is 16.0 Å². The molecule has 0 radical (unpaired) electrons. The lowest BCUT2D eigenvalue weighted by Gasteiger charge is -2.07. The van der Waals surface area contributed by atoms with E-state index in [1.165, 1.54) is 13.0 Å². The lowest BCUT2D eigenvalue weighted by atomic mass is 10.2. The highest BCUT2D eigenvalue weighted by Crippen LogP contribution is 1.98. The molecule has 1 rings (SSSR count). The van der Waals surface area contributed by atoms with Crippen LogP contribution in [0.1, 0.15) is 87.0 Å². The minimum absolute atomic E-state index is 0. The topological polar surface area (TPSA) is 96.5 Å². The first-order valence-electron chi connectivity index (χ1n) is 11.4. The maximum Gasteiger partial charge on any atom is 0.407 e. The van der Waals surface area contributed by atoms with Crippen LogP contribution in [0.5, 0.6) is 0 Å². The fraction of sp³-hybridized carbons (Fsp3) is 0.593. The van der Waals surface area contributed by atoms with Gasteiger partial charge in [0, 0.05) is 30.6 Å². The molecular weight excluding hydrogens is 430 g/mol. The molecule has 0 spiro atoms. The maximum atomic E-state index is 11.3. The van der Waals surface area contributed by atoms with Crippen LogP contribution in [0.15, 0.2) is 43.0 Å². The summed E-state index contributed by atoms with van der Waals surface area (Å²) < 4.78 is 4.63. The highest BCUT2D eigenvalue weighted by atomic mass is 16.5. The summed E-state index contributed by atoms with van der Waals surface area (Å²) in [6.45, 7) is 23.2. The SMILES string of the molecule is C.C=CCOC(=O)NC(C)C.CC(=O)NC(C)C.CC(C)C.CC(C)NC(=O)c1ccccc1. The minimum Gasteiger partial charge on any atom is -0.445 e. The molecule has 0 bridgehead atoms. The first-order chi connectivity index (χ1) is 15.2. The smallest absolute Gasteiger partial charge is 0.407 e. The summed E-state index contributed by atoms with van der Waals surface area (Å²) in [7, 11) is 0. The Balaban J connectivity index is -0.000000186. The number of carbonyl (C=O) groups excluding carboxylic acids is 3. The zero-order valence-electron chi connectivity index (χ0n) is 22.3. The molecule has 198 valence electrons. The van der Waals surface area contributed by atoms with E-state index in [1.54, 1.807) is 12.1 Å². The van der Waals surface area contributed by atoms with Crippen LogP contribution in [0.3, 0.4) is 0 Å². The molecule has 0 atom stereocenters. The second-order valence-electron chi connectivity index (χ2n) is 8.77.